The molecule has 0 spiro atoms. The molecular weight excluding hydrogens is 494 g/mol. The van der Waals surface area contributed by atoms with Gasteiger partial charge in [0.05, 0.1) is 11.3 Å². The fourth-order valence-corrected chi connectivity index (χ4v) is 5.62. The number of carbonyl (C=O) groups is 3. The third kappa shape index (κ3) is 4.05. The van der Waals surface area contributed by atoms with E-state index in [1.807, 2.05) is 13.8 Å². The molecule has 0 aliphatic heterocycles. The zero-order chi connectivity index (χ0) is 28.3. The predicted octanol–water partition coefficient (Wildman–Crippen LogP) is 0.873. The number of phenolic OH excluding ortho intramolecular Hbond substituents is 1. The maximum atomic E-state index is 13.7. The minimum Gasteiger partial charge on any atom is -0.508 e. The van der Waals surface area contributed by atoms with Crippen molar-refractivity contribution in [1.29, 1.82) is 0 Å². The monoisotopic (exact) mass is 527 g/mol. The first-order valence-corrected chi connectivity index (χ1v) is 12.3. The second-order valence-corrected chi connectivity index (χ2v) is 10.7. The Morgan fingerprint density at radius 2 is 1.87 bits per heavy atom. The van der Waals surface area contributed by atoms with E-state index in [4.69, 9.17) is 11.5 Å². The van der Waals surface area contributed by atoms with Crippen molar-refractivity contribution in [3.63, 3.8) is 0 Å². The average molecular weight is 528 g/mol. The number of fused-ring (bicyclic) bond motifs is 3. The summed E-state index contributed by atoms with van der Waals surface area (Å²) in [7, 11) is 3.56. The maximum absolute atomic E-state index is 13.7. The molecule has 0 saturated heterocycles. The normalized spacial score (nSPS) is 25.3. The van der Waals surface area contributed by atoms with E-state index in [-0.39, 0.29) is 53.7 Å². The fraction of sp³-hybridized carbons (Fsp3) is 0.462. The van der Waals surface area contributed by atoms with E-state index in [1.54, 1.807) is 25.1 Å². The van der Waals surface area contributed by atoms with Crippen LogP contribution in [0.15, 0.2) is 28.0 Å². The number of aliphatic imine (C=N–C) groups is 1. The second kappa shape index (κ2) is 9.35. The van der Waals surface area contributed by atoms with Gasteiger partial charge < -0.3 is 42.1 Å². The van der Waals surface area contributed by atoms with Crippen LogP contribution in [0.3, 0.4) is 0 Å². The predicted molar refractivity (Wildman–Crippen MR) is 141 cm³/mol. The molecule has 1 amide bonds. The number of carbonyl (C=O) groups excluding carboxylic acids is 3. The standard InChI is InChI=1S/C26H33N5O7/c1-10(2)9-29-25(28)30-14-8-15(31(3)4)13-6-11-5-12-7-16(32)19(24(27)37)23(36)26(12,38)22(35)17(11)21(34)18(13)20(14)33/h8,10-12,33-34,36,38H,5-7,9H2,1-4H3,(H2,27,37)(H3,28,29,30)/t11-,12+,26+/m1/s1. The highest BCUT2D eigenvalue weighted by molar-refractivity contribution is 6.22. The fourth-order valence-electron chi connectivity index (χ4n) is 5.62. The van der Waals surface area contributed by atoms with Gasteiger partial charge in [-0.1, -0.05) is 13.8 Å². The number of hydrogen-bond acceptors (Lipinski definition) is 9. The molecule has 0 radical (unpaired) electrons. The minimum atomic E-state index is -2.61. The van der Waals surface area contributed by atoms with Crippen LogP contribution < -0.4 is 21.7 Å². The molecule has 38 heavy (non-hydrogen) atoms. The van der Waals surface area contributed by atoms with E-state index < -0.39 is 52.0 Å². The molecule has 1 saturated carbocycles. The zero-order valence-electron chi connectivity index (χ0n) is 21.7. The third-order valence-corrected chi connectivity index (χ3v) is 7.41. The number of phenols is 1. The number of guanidine groups is 1. The van der Waals surface area contributed by atoms with Gasteiger partial charge >= 0.3 is 0 Å². The summed E-state index contributed by atoms with van der Waals surface area (Å²) in [5.41, 5.74) is 8.89. The molecule has 12 heteroatoms. The zero-order valence-corrected chi connectivity index (χ0v) is 21.7. The molecule has 1 fully saturated rings. The molecule has 1 aromatic rings. The van der Waals surface area contributed by atoms with Crippen molar-refractivity contribution in [2.24, 2.45) is 34.2 Å². The number of ketones is 2. The molecule has 12 nitrogen and oxygen atoms in total. The number of nitrogens with one attached hydrogen (secondary N) is 1. The number of aliphatic hydroxyl groups excluding tert-OH is 2. The first kappa shape index (κ1) is 27.0. The van der Waals surface area contributed by atoms with Gasteiger partial charge in [0.15, 0.2) is 17.3 Å². The number of anilines is 2. The summed E-state index contributed by atoms with van der Waals surface area (Å²) in [4.78, 5) is 44.0. The Balaban J connectivity index is 1.89. The summed E-state index contributed by atoms with van der Waals surface area (Å²) in [6.45, 7) is 4.39. The molecule has 4 rings (SSSR count). The van der Waals surface area contributed by atoms with Gasteiger partial charge in [-0.05, 0) is 36.3 Å². The molecule has 3 atom stereocenters. The quantitative estimate of drug-likeness (QED) is 0.124. The first-order chi connectivity index (χ1) is 17.7. The van der Waals surface area contributed by atoms with Crippen LogP contribution in [0, 0.1) is 17.8 Å². The Morgan fingerprint density at radius 3 is 2.45 bits per heavy atom. The largest absolute Gasteiger partial charge is 0.508 e. The van der Waals surface area contributed by atoms with Crippen molar-refractivity contribution in [3.8, 4) is 5.75 Å². The van der Waals surface area contributed by atoms with Crippen LogP contribution in [0.4, 0.5) is 11.4 Å². The van der Waals surface area contributed by atoms with Crippen molar-refractivity contribution >= 4 is 40.6 Å². The molecule has 0 bridgehead atoms. The smallest absolute Gasteiger partial charge is 0.255 e. The average Bonchev–Trinajstić information content (AvgIpc) is 2.81. The molecular formula is C26H33N5O7. The number of nitrogens with two attached hydrogens (primary N) is 2. The number of rotatable bonds is 5. The van der Waals surface area contributed by atoms with E-state index in [0.29, 0.717) is 17.8 Å². The number of aliphatic hydroxyl groups is 3. The highest BCUT2D eigenvalue weighted by atomic mass is 16.3. The van der Waals surface area contributed by atoms with E-state index in [0.717, 1.165) is 0 Å². The highest BCUT2D eigenvalue weighted by Gasteiger charge is 2.60. The van der Waals surface area contributed by atoms with Crippen LogP contribution in [0.1, 0.15) is 37.8 Å². The molecule has 0 heterocycles. The number of hydrogen-bond donors (Lipinski definition) is 7. The summed E-state index contributed by atoms with van der Waals surface area (Å²) in [5, 5.41) is 47.5. The number of nitrogens with zero attached hydrogens (tertiary/aromatic N) is 2. The third-order valence-electron chi connectivity index (χ3n) is 7.41. The number of aromatic hydroxyl groups is 1. The van der Waals surface area contributed by atoms with Gasteiger partial charge in [-0.25, -0.2) is 0 Å². The Labute approximate surface area is 219 Å². The van der Waals surface area contributed by atoms with Crippen LogP contribution in [0.25, 0.3) is 5.76 Å². The molecule has 9 N–H and O–H groups in total. The maximum Gasteiger partial charge on any atom is 0.255 e. The molecule has 0 aromatic heterocycles. The molecule has 3 aliphatic rings. The van der Waals surface area contributed by atoms with Gasteiger partial charge in [0.2, 0.25) is 5.78 Å². The highest BCUT2D eigenvalue weighted by Crippen LogP contribution is 2.54. The molecule has 1 aromatic carbocycles. The van der Waals surface area contributed by atoms with Crippen LogP contribution in [-0.2, 0) is 20.8 Å². The van der Waals surface area contributed by atoms with Crippen molar-refractivity contribution < 1.29 is 34.8 Å². The Kier molecular flexibility index (Phi) is 6.64. The lowest BCUT2D eigenvalue weighted by Crippen LogP contribution is -2.58. The molecule has 0 unspecified atom stereocenters. The van der Waals surface area contributed by atoms with E-state index in [9.17, 15) is 34.8 Å². The number of benzene rings is 1. The first-order valence-electron chi connectivity index (χ1n) is 12.3. The van der Waals surface area contributed by atoms with Gasteiger partial charge in [0.25, 0.3) is 5.91 Å². The topological polar surface area (TPSA) is 212 Å². The Hall–Kier alpha value is -4.06. The summed E-state index contributed by atoms with van der Waals surface area (Å²) < 4.78 is 0. The summed E-state index contributed by atoms with van der Waals surface area (Å²) in [6.07, 6.45) is -0.108. The summed E-state index contributed by atoms with van der Waals surface area (Å²) in [6, 6.07) is 1.66. The lowest BCUT2D eigenvalue weighted by atomic mass is 9.59. The van der Waals surface area contributed by atoms with Crippen molar-refractivity contribution in [2.45, 2.75) is 38.7 Å². The van der Waals surface area contributed by atoms with Gasteiger partial charge in [-0.15, -0.1) is 0 Å². The number of Topliss-reactive ketones (excluding diaryl/α,β-unsaturated/α-hetero) is 2. The van der Waals surface area contributed by atoms with Gasteiger partial charge in [-0.2, -0.15) is 0 Å². The lowest BCUT2D eigenvalue weighted by molar-refractivity contribution is -0.147. The van der Waals surface area contributed by atoms with Crippen molar-refractivity contribution in [1.82, 2.24) is 0 Å². The van der Waals surface area contributed by atoms with Gasteiger partial charge in [-0.3, -0.25) is 19.4 Å². The molecule has 3 aliphatic carbocycles. The van der Waals surface area contributed by atoms with Crippen molar-refractivity contribution in [3.05, 3.63) is 34.1 Å². The van der Waals surface area contributed by atoms with Crippen LogP contribution in [0.2, 0.25) is 0 Å². The SMILES string of the molecule is CC(C)CN=C(N)Nc1cc(N(C)C)c2c(c1O)C(O)=C1C(=O)[C@]3(O)C(O)=C(C(N)=O)C(=O)C[C@@H]3C[C@@H]1C2. The van der Waals surface area contributed by atoms with E-state index >= 15 is 0 Å². The Morgan fingerprint density at radius 1 is 1.21 bits per heavy atom. The van der Waals surface area contributed by atoms with E-state index in [2.05, 4.69) is 10.3 Å². The number of primary amides is 1. The molecule has 204 valence electrons. The summed E-state index contributed by atoms with van der Waals surface area (Å²) in [5.74, 6) is -6.48. The van der Waals surface area contributed by atoms with Crippen molar-refractivity contribution in [2.75, 3.05) is 30.9 Å². The lowest BCUT2D eigenvalue weighted by Gasteiger charge is -2.46. The minimum absolute atomic E-state index is 0.0255. The second-order valence-electron chi connectivity index (χ2n) is 10.7. The summed E-state index contributed by atoms with van der Waals surface area (Å²) >= 11 is 0. The van der Waals surface area contributed by atoms with Crippen LogP contribution in [0.5, 0.6) is 5.75 Å². The van der Waals surface area contributed by atoms with Crippen LogP contribution in [-0.4, -0.2) is 70.1 Å². The Bertz CT molecular complexity index is 1340. The van der Waals surface area contributed by atoms with E-state index in [1.165, 1.54) is 0 Å². The van der Waals surface area contributed by atoms with Crippen LogP contribution >= 0.6 is 0 Å². The van der Waals surface area contributed by atoms with Gasteiger partial charge in [0, 0.05) is 44.2 Å². The van der Waals surface area contributed by atoms with Gasteiger partial charge in [0.1, 0.15) is 22.8 Å². The number of amides is 1.